The summed E-state index contributed by atoms with van der Waals surface area (Å²) in [5.41, 5.74) is 0.160. The van der Waals surface area contributed by atoms with Crippen LogP contribution in [0.3, 0.4) is 0 Å². The molecule has 1 aliphatic heterocycles. The summed E-state index contributed by atoms with van der Waals surface area (Å²) in [6.07, 6.45) is 1.12. The Morgan fingerprint density at radius 1 is 1.25 bits per heavy atom. The van der Waals surface area contributed by atoms with Crippen LogP contribution in [0.2, 0.25) is 0 Å². The predicted molar refractivity (Wildman–Crippen MR) is 122 cm³/mol. The van der Waals surface area contributed by atoms with Gasteiger partial charge in [-0.05, 0) is 78.0 Å². The Bertz CT molecular complexity index is 936. The molecule has 1 atom stereocenters. The third-order valence-corrected chi connectivity index (χ3v) is 7.42. The number of methoxy groups -OCH3 is 1. The maximum absolute atomic E-state index is 13.4. The molecule has 1 aromatic carbocycles. The summed E-state index contributed by atoms with van der Waals surface area (Å²) in [6, 6.07) is 4.47. The molecule has 0 bridgehead atoms. The first-order chi connectivity index (χ1) is 14.8. The summed E-state index contributed by atoms with van der Waals surface area (Å²) in [4.78, 5) is 26.3. The average molecular weight is 469 g/mol. The van der Waals surface area contributed by atoms with E-state index in [-0.39, 0.29) is 22.4 Å². The minimum absolute atomic E-state index is 0.0162. The van der Waals surface area contributed by atoms with Gasteiger partial charge in [-0.2, -0.15) is 4.31 Å². The fraction of sp³-hybridized carbons (Fsp3) is 0.652. The monoisotopic (exact) mass is 468 g/mol. The van der Waals surface area contributed by atoms with Crippen LogP contribution in [0.4, 0.5) is 4.79 Å². The van der Waals surface area contributed by atoms with E-state index in [4.69, 9.17) is 9.47 Å². The van der Waals surface area contributed by atoms with E-state index in [9.17, 15) is 18.0 Å². The van der Waals surface area contributed by atoms with Crippen molar-refractivity contribution < 1.29 is 27.5 Å². The number of sulfonamides is 1. The number of ether oxygens (including phenoxy) is 2. The number of benzene rings is 1. The van der Waals surface area contributed by atoms with Crippen LogP contribution in [0.1, 0.15) is 63.4 Å². The van der Waals surface area contributed by atoms with Crippen molar-refractivity contribution in [3.05, 3.63) is 29.3 Å². The summed E-state index contributed by atoms with van der Waals surface area (Å²) in [7, 11) is -2.54. The van der Waals surface area contributed by atoms with Crippen LogP contribution in [0.5, 0.6) is 0 Å². The average Bonchev–Trinajstić information content (AvgIpc) is 2.70. The third kappa shape index (κ3) is 6.45. The summed E-state index contributed by atoms with van der Waals surface area (Å²) in [5.74, 6) is -0.597. The van der Waals surface area contributed by atoms with Crippen LogP contribution in [0.15, 0.2) is 23.1 Å². The van der Waals surface area contributed by atoms with Crippen molar-refractivity contribution in [3.63, 3.8) is 0 Å². The molecule has 0 radical (unpaired) electrons. The number of amides is 1. The van der Waals surface area contributed by atoms with E-state index in [1.807, 2.05) is 34.6 Å². The number of esters is 1. The molecule has 1 heterocycles. The van der Waals surface area contributed by atoms with Crippen LogP contribution in [-0.4, -0.2) is 68.1 Å². The lowest BCUT2D eigenvalue weighted by Crippen LogP contribution is -2.48. The molecular formula is C23H36N2O6S. The Kier molecular flexibility index (Phi) is 8.33. The zero-order valence-electron chi connectivity index (χ0n) is 20.2. The minimum Gasteiger partial charge on any atom is -0.465 e. The molecule has 0 saturated carbocycles. The lowest BCUT2D eigenvalue weighted by Gasteiger charge is -2.37. The topological polar surface area (TPSA) is 93.2 Å². The SMILES string of the molecule is COC(=O)c1ccc(C)c(S(=O)(=O)N2CCCC(CN(C(=O)OC(C)(C)C)C(C)C)C2)c1. The van der Waals surface area contributed by atoms with Crippen LogP contribution >= 0.6 is 0 Å². The first-order valence-electron chi connectivity index (χ1n) is 10.9. The highest BCUT2D eigenvalue weighted by Gasteiger charge is 2.34. The van der Waals surface area contributed by atoms with Crippen molar-refractivity contribution in [1.82, 2.24) is 9.21 Å². The largest absolute Gasteiger partial charge is 0.465 e. The number of aryl methyl sites for hydroxylation is 1. The Morgan fingerprint density at radius 3 is 2.47 bits per heavy atom. The number of carbonyl (C=O) groups excluding carboxylic acids is 2. The minimum atomic E-state index is -3.80. The molecule has 1 fully saturated rings. The number of rotatable bonds is 6. The molecule has 180 valence electrons. The maximum Gasteiger partial charge on any atom is 0.410 e. The molecule has 0 spiro atoms. The van der Waals surface area contributed by atoms with E-state index in [1.54, 1.807) is 24.0 Å². The zero-order valence-corrected chi connectivity index (χ0v) is 21.0. The molecule has 1 aliphatic rings. The standard InChI is InChI=1S/C23H36N2O6S/c1-16(2)25(22(27)31-23(4,5)6)15-18-9-8-12-24(14-18)32(28,29)20-13-19(21(26)30-7)11-10-17(20)3/h10-11,13,16,18H,8-9,12,14-15H2,1-7H3. The highest BCUT2D eigenvalue weighted by atomic mass is 32.2. The van der Waals surface area contributed by atoms with Crippen LogP contribution in [0, 0.1) is 12.8 Å². The Hall–Kier alpha value is -2.13. The van der Waals surface area contributed by atoms with Gasteiger partial charge in [0, 0.05) is 25.7 Å². The van der Waals surface area contributed by atoms with Crippen molar-refractivity contribution in [2.45, 2.75) is 70.9 Å². The highest BCUT2D eigenvalue weighted by Crippen LogP contribution is 2.28. The molecular weight excluding hydrogens is 432 g/mol. The van der Waals surface area contributed by atoms with Gasteiger partial charge in [0.1, 0.15) is 5.60 Å². The van der Waals surface area contributed by atoms with E-state index in [2.05, 4.69) is 0 Å². The van der Waals surface area contributed by atoms with Gasteiger partial charge in [-0.3, -0.25) is 0 Å². The number of piperidine rings is 1. The van der Waals surface area contributed by atoms with Gasteiger partial charge in [-0.25, -0.2) is 18.0 Å². The number of hydrogen-bond acceptors (Lipinski definition) is 6. The zero-order chi connectivity index (χ0) is 24.3. The van der Waals surface area contributed by atoms with Gasteiger partial charge in [0.05, 0.1) is 17.6 Å². The lowest BCUT2D eigenvalue weighted by atomic mass is 9.98. The normalized spacial score (nSPS) is 17.8. The number of hydrogen-bond donors (Lipinski definition) is 0. The van der Waals surface area contributed by atoms with Gasteiger partial charge in [-0.15, -0.1) is 0 Å². The maximum atomic E-state index is 13.4. The molecule has 0 N–H and O–H groups in total. The van der Waals surface area contributed by atoms with E-state index in [1.165, 1.54) is 17.5 Å². The lowest BCUT2D eigenvalue weighted by molar-refractivity contribution is 0.0137. The Morgan fingerprint density at radius 2 is 1.91 bits per heavy atom. The Balaban J connectivity index is 2.23. The molecule has 0 aromatic heterocycles. The van der Waals surface area contributed by atoms with Crippen molar-refractivity contribution in [1.29, 1.82) is 0 Å². The second-order valence-corrected chi connectivity index (χ2v) is 11.5. The first-order valence-corrected chi connectivity index (χ1v) is 12.4. The summed E-state index contributed by atoms with van der Waals surface area (Å²) < 4.78 is 38.6. The van der Waals surface area contributed by atoms with Gasteiger partial charge >= 0.3 is 12.1 Å². The summed E-state index contributed by atoms with van der Waals surface area (Å²) >= 11 is 0. The molecule has 0 aliphatic carbocycles. The van der Waals surface area contributed by atoms with E-state index >= 15 is 0 Å². The van der Waals surface area contributed by atoms with Crippen LogP contribution in [0.25, 0.3) is 0 Å². The molecule has 1 amide bonds. The van der Waals surface area contributed by atoms with Crippen molar-refractivity contribution >= 4 is 22.1 Å². The van der Waals surface area contributed by atoms with E-state index < -0.39 is 27.7 Å². The number of carbonyl (C=O) groups is 2. The second kappa shape index (κ2) is 10.2. The molecule has 9 heteroatoms. The molecule has 1 aromatic rings. The van der Waals surface area contributed by atoms with Gasteiger partial charge in [0.2, 0.25) is 10.0 Å². The van der Waals surface area contributed by atoms with Gasteiger partial charge in [0.25, 0.3) is 0 Å². The third-order valence-electron chi connectivity index (χ3n) is 5.42. The van der Waals surface area contributed by atoms with Gasteiger partial charge in [0.15, 0.2) is 0 Å². The molecule has 8 nitrogen and oxygen atoms in total. The fourth-order valence-electron chi connectivity index (χ4n) is 3.75. The quantitative estimate of drug-likeness (QED) is 0.589. The predicted octanol–water partition coefficient (Wildman–Crippen LogP) is 3.83. The van der Waals surface area contributed by atoms with E-state index in [0.717, 1.165) is 6.42 Å². The van der Waals surface area contributed by atoms with Crippen LogP contribution < -0.4 is 0 Å². The highest BCUT2D eigenvalue weighted by molar-refractivity contribution is 7.89. The smallest absolute Gasteiger partial charge is 0.410 e. The van der Waals surface area contributed by atoms with Crippen LogP contribution in [-0.2, 0) is 19.5 Å². The van der Waals surface area contributed by atoms with Crippen molar-refractivity contribution in [2.24, 2.45) is 5.92 Å². The Labute approximate surface area is 191 Å². The van der Waals surface area contributed by atoms with Gasteiger partial charge < -0.3 is 14.4 Å². The molecule has 1 saturated heterocycles. The molecule has 2 rings (SSSR count). The van der Waals surface area contributed by atoms with Crippen molar-refractivity contribution in [3.8, 4) is 0 Å². The first kappa shape index (κ1) is 26.1. The molecule has 32 heavy (non-hydrogen) atoms. The molecule has 1 unspecified atom stereocenters. The summed E-state index contributed by atoms with van der Waals surface area (Å²) in [5, 5.41) is 0. The fourth-order valence-corrected chi connectivity index (χ4v) is 5.56. The second-order valence-electron chi connectivity index (χ2n) is 9.57. The number of nitrogens with zero attached hydrogens (tertiary/aromatic N) is 2. The van der Waals surface area contributed by atoms with Crippen molar-refractivity contribution in [2.75, 3.05) is 26.7 Å². The summed E-state index contributed by atoms with van der Waals surface area (Å²) in [6.45, 7) is 12.1. The van der Waals surface area contributed by atoms with E-state index in [0.29, 0.717) is 31.6 Å². The van der Waals surface area contributed by atoms with Gasteiger partial charge in [-0.1, -0.05) is 6.07 Å².